The fourth-order valence-corrected chi connectivity index (χ4v) is 6.52. The number of halogens is 4. The number of benzene rings is 3. The highest BCUT2D eigenvalue weighted by Crippen LogP contribution is 2.40. The van der Waals surface area contributed by atoms with Crippen molar-refractivity contribution in [1.29, 1.82) is 0 Å². The first kappa shape index (κ1) is 38.5. The number of hydrazone groups is 1. The Morgan fingerprint density at radius 2 is 1.57 bits per heavy atom. The van der Waals surface area contributed by atoms with Crippen LogP contribution in [-0.4, -0.2) is 30.2 Å². The van der Waals surface area contributed by atoms with Crippen LogP contribution in [0.5, 0.6) is 5.75 Å². The average molecular weight is 749 g/mol. The topological polar surface area (TPSA) is 91.3 Å². The van der Waals surface area contributed by atoms with Crippen molar-refractivity contribution in [1.82, 2.24) is 0 Å². The number of hydrogen-bond donors (Lipinski definition) is 1. The van der Waals surface area contributed by atoms with E-state index in [0.717, 1.165) is 23.6 Å². The SMILES string of the molecule is CCC(C)(C)c1ccc(OCCCC(=O)Nc2ccc(Cl)c(N(C(C)=O)C3=NN(c4c(Cl)cc(Cl)cc4Cl)C(=O)C3)c2)c(C(C)(C)CC)c1. The minimum absolute atomic E-state index is 0.0561. The molecule has 0 unspecified atom stereocenters. The zero-order valence-corrected chi connectivity index (χ0v) is 31.9. The standard InChI is InChI=1S/C37H42Cl4N4O4/c1-8-36(4,5)23-12-15-31(26(17-23)37(6,7)9-2)49-16-10-11-33(47)42-25-13-14-27(39)30(20-25)44(22(3)46)32-21-34(48)45(43-32)35-28(40)18-24(38)19-29(35)41/h12-15,17-20H,8-11,16,21H2,1-7H3,(H,42,47). The average Bonchev–Trinajstić information content (AvgIpc) is 3.39. The van der Waals surface area contributed by atoms with E-state index in [1.165, 1.54) is 35.1 Å². The Labute approximate surface area is 308 Å². The van der Waals surface area contributed by atoms with Gasteiger partial charge in [0.2, 0.25) is 11.8 Å². The highest BCUT2D eigenvalue weighted by atomic mass is 35.5. The highest BCUT2D eigenvalue weighted by Gasteiger charge is 2.34. The van der Waals surface area contributed by atoms with Crippen molar-refractivity contribution < 1.29 is 19.1 Å². The molecular weight excluding hydrogens is 706 g/mol. The number of carbonyl (C=O) groups is 3. The second kappa shape index (κ2) is 15.7. The Bertz CT molecular complexity index is 1770. The molecule has 1 N–H and O–H groups in total. The zero-order valence-electron chi connectivity index (χ0n) is 28.8. The lowest BCUT2D eigenvalue weighted by Crippen LogP contribution is -2.35. The molecule has 49 heavy (non-hydrogen) atoms. The molecule has 1 aliphatic rings. The van der Waals surface area contributed by atoms with Gasteiger partial charge in [0.15, 0.2) is 0 Å². The molecule has 8 nitrogen and oxygen atoms in total. The minimum atomic E-state index is -0.457. The van der Waals surface area contributed by atoms with Crippen molar-refractivity contribution in [2.24, 2.45) is 5.10 Å². The molecule has 262 valence electrons. The third-order valence-corrected chi connectivity index (χ3v) is 10.2. The van der Waals surface area contributed by atoms with Crippen LogP contribution < -0.4 is 20.0 Å². The molecule has 0 atom stereocenters. The Hall–Kier alpha value is -3.30. The molecule has 1 heterocycles. The summed E-state index contributed by atoms with van der Waals surface area (Å²) in [5.74, 6) is -0.185. The van der Waals surface area contributed by atoms with Crippen LogP contribution in [0.3, 0.4) is 0 Å². The van der Waals surface area contributed by atoms with Gasteiger partial charge in [-0.15, -0.1) is 0 Å². The fraction of sp³-hybridized carbons (Fsp3) is 0.405. The van der Waals surface area contributed by atoms with Gasteiger partial charge in [0.25, 0.3) is 5.91 Å². The summed E-state index contributed by atoms with van der Waals surface area (Å²) in [6, 6.07) is 14.1. The van der Waals surface area contributed by atoms with Gasteiger partial charge in [0.1, 0.15) is 17.3 Å². The molecule has 4 rings (SSSR count). The summed E-state index contributed by atoms with van der Waals surface area (Å²) in [5, 5.41) is 9.05. The van der Waals surface area contributed by atoms with Gasteiger partial charge in [-0.2, -0.15) is 10.1 Å². The van der Waals surface area contributed by atoms with E-state index >= 15 is 0 Å². The van der Waals surface area contributed by atoms with Crippen LogP contribution in [0, 0.1) is 0 Å². The maximum absolute atomic E-state index is 13.0. The highest BCUT2D eigenvalue weighted by molar-refractivity contribution is 6.43. The van der Waals surface area contributed by atoms with Crippen molar-refractivity contribution in [3.05, 3.63) is 79.7 Å². The molecule has 3 aromatic rings. The van der Waals surface area contributed by atoms with E-state index in [4.69, 9.17) is 51.1 Å². The normalized spacial score (nSPS) is 13.4. The van der Waals surface area contributed by atoms with Gasteiger partial charge in [-0.25, -0.2) is 0 Å². The molecule has 0 bridgehead atoms. The fourth-order valence-electron chi connectivity index (χ4n) is 5.34. The second-order valence-electron chi connectivity index (χ2n) is 13.3. The van der Waals surface area contributed by atoms with Gasteiger partial charge in [-0.05, 0) is 72.1 Å². The Kier molecular flexibility index (Phi) is 12.3. The van der Waals surface area contributed by atoms with Crippen LogP contribution >= 0.6 is 46.4 Å². The summed E-state index contributed by atoms with van der Waals surface area (Å²) < 4.78 is 6.24. The van der Waals surface area contributed by atoms with Gasteiger partial charge in [-0.3, -0.25) is 19.3 Å². The molecule has 0 aromatic heterocycles. The first-order valence-electron chi connectivity index (χ1n) is 16.2. The molecule has 0 saturated heterocycles. The van der Waals surface area contributed by atoms with Crippen LogP contribution in [0.2, 0.25) is 20.1 Å². The molecule has 3 aromatic carbocycles. The van der Waals surface area contributed by atoms with Crippen LogP contribution in [0.1, 0.15) is 91.7 Å². The summed E-state index contributed by atoms with van der Waals surface area (Å²) >= 11 is 25.2. The third kappa shape index (κ3) is 8.90. The van der Waals surface area contributed by atoms with Gasteiger partial charge in [0, 0.05) is 29.6 Å². The number of nitrogens with one attached hydrogen (secondary N) is 1. The van der Waals surface area contributed by atoms with E-state index in [1.54, 1.807) is 18.2 Å². The number of hydrogen-bond acceptors (Lipinski definition) is 5. The van der Waals surface area contributed by atoms with E-state index in [1.807, 2.05) is 0 Å². The smallest absolute Gasteiger partial charge is 0.255 e. The molecule has 0 aliphatic carbocycles. The van der Waals surface area contributed by atoms with Crippen molar-refractivity contribution in [3.63, 3.8) is 0 Å². The molecule has 12 heteroatoms. The van der Waals surface area contributed by atoms with Gasteiger partial charge >= 0.3 is 0 Å². The summed E-state index contributed by atoms with van der Waals surface area (Å²) in [6.45, 7) is 15.0. The number of anilines is 3. The number of carbonyl (C=O) groups excluding carboxylic acids is 3. The molecule has 0 saturated carbocycles. The predicted octanol–water partition coefficient (Wildman–Crippen LogP) is 10.6. The number of amides is 3. The largest absolute Gasteiger partial charge is 0.493 e. The zero-order chi connectivity index (χ0) is 36.3. The molecular formula is C37H42Cl4N4O4. The number of amidine groups is 1. The lowest BCUT2D eigenvalue weighted by atomic mass is 9.76. The van der Waals surface area contributed by atoms with E-state index in [9.17, 15) is 14.4 Å². The number of nitrogens with zero attached hydrogens (tertiary/aromatic N) is 3. The van der Waals surface area contributed by atoms with E-state index in [-0.39, 0.29) is 61.9 Å². The third-order valence-electron chi connectivity index (χ3n) is 9.06. The Balaban J connectivity index is 1.46. The van der Waals surface area contributed by atoms with Gasteiger partial charge in [0.05, 0.1) is 33.8 Å². The molecule has 1 aliphatic heterocycles. The van der Waals surface area contributed by atoms with Crippen LogP contribution in [0.4, 0.5) is 17.1 Å². The summed E-state index contributed by atoms with van der Waals surface area (Å²) in [6.07, 6.45) is 2.46. The molecule has 0 spiro atoms. The number of rotatable bonds is 12. The van der Waals surface area contributed by atoms with Crippen LogP contribution in [-0.2, 0) is 25.2 Å². The van der Waals surface area contributed by atoms with Crippen molar-refractivity contribution >= 4 is 87.0 Å². The van der Waals surface area contributed by atoms with Crippen molar-refractivity contribution in [2.75, 3.05) is 21.8 Å². The monoisotopic (exact) mass is 746 g/mol. The summed E-state index contributed by atoms with van der Waals surface area (Å²) in [5.41, 5.74) is 3.25. The molecule has 3 amide bonds. The van der Waals surface area contributed by atoms with Gasteiger partial charge < -0.3 is 10.1 Å². The van der Waals surface area contributed by atoms with Gasteiger partial charge in [-0.1, -0.05) is 100 Å². The molecule has 0 fully saturated rings. The minimum Gasteiger partial charge on any atom is -0.493 e. The second-order valence-corrected chi connectivity index (χ2v) is 15.0. The van der Waals surface area contributed by atoms with E-state index < -0.39 is 11.8 Å². The van der Waals surface area contributed by atoms with Crippen LogP contribution in [0.25, 0.3) is 0 Å². The Morgan fingerprint density at radius 3 is 2.18 bits per heavy atom. The predicted molar refractivity (Wildman–Crippen MR) is 202 cm³/mol. The van der Waals surface area contributed by atoms with Crippen molar-refractivity contribution in [2.45, 2.75) is 91.4 Å². The maximum atomic E-state index is 13.0. The first-order chi connectivity index (χ1) is 23.0. The quantitative estimate of drug-likeness (QED) is 0.187. The Morgan fingerprint density at radius 1 is 0.918 bits per heavy atom. The van der Waals surface area contributed by atoms with Crippen molar-refractivity contribution in [3.8, 4) is 5.75 Å². The molecule has 0 radical (unpaired) electrons. The lowest BCUT2D eigenvalue weighted by molar-refractivity contribution is -0.117. The van der Waals surface area contributed by atoms with Crippen LogP contribution in [0.15, 0.2) is 53.6 Å². The lowest BCUT2D eigenvalue weighted by Gasteiger charge is -2.30. The van der Waals surface area contributed by atoms with E-state index in [0.29, 0.717) is 23.7 Å². The number of ether oxygens (including phenoxy) is 1. The maximum Gasteiger partial charge on any atom is 0.255 e. The summed E-state index contributed by atoms with van der Waals surface area (Å²) in [4.78, 5) is 40.1. The van der Waals surface area contributed by atoms with E-state index in [2.05, 4.69) is 70.2 Å². The first-order valence-corrected chi connectivity index (χ1v) is 17.7. The summed E-state index contributed by atoms with van der Waals surface area (Å²) in [7, 11) is 0.